The Bertz CT molecular complexity index is 1020. The highest BCUT2D eigenvalue weighted by atomic mass is 16.7. The molecular weight excluding hydrogens is 614 g/mol. The first-order valence-corrected chi connectivity index (χ1v) is 15.9. The SMILES string of the molecule is CC(=O)CCCOCCC(=O)CNc1ccc(COC(=O)CCOC(C)C)cc1.CC(=O)NCCOCCC(=O)ONCOC(C)C. The van der Waals surface area contributed by atoms with E-state index in [1.54, 1.807) is 6.92 Å². The summed E-state index contributed by atoms with van der Waals surface area (Å²) in [5.74, 6) is -0.608. The average Bonchev–Trinajstić information content (AvgIpc) is 3.01. The lowest BCUT2D eigenvalue weighted by molar-refractivity contribution is -0.157. The molecule has 0 heterocycles. The van der Waals surface area contributed by atoms with E-state index < -0.39 is 5.97 Å². The minimum Gasteiger partial charge on any atom is -0.461 e. The van der Waals surface area contributed by atoms with E-state index in [-0.39, 0.29) is 75.0 Å². The molecule has 0 spiro atoms. The summed E-state index contributed by atoms with van der Waals surface area (Å²) in [6.45, 7) is 13.5. The molecule has 0 radical (unpaired) electrons. The standard InChI is InChI=1S/C22H33NO6.C11H22N2O5/c1-17(2)28-14-11-22(26)29-16-19-6-8-20(9-7-19)23-15-21(25)10-13-27-12-4-5-18(3)24;1-9(2)17-8-13-18-11(15)4-6-16-7-5-12-10(3)14/h6-9,17,23H,4-5,10-16H2,1-3H3;9,13H,4-8H2,1-3H3,(H,12,14). The van der Waals surface area contributed by atoms with Crippen LogP contribution in [0.4, 0.5) is 5.69 Å². The number of hydroxylamine groups is 1. The van der Waals surface area contributed by atoms with Crippen molar-refractivity contribution in [2.75, 3.05) is 58.2 Å². The normalized spacial score (nSPS) is 10.6. The van der Waals surface area contributed by atoms with Crippen LogP contribution in [0.25, 0.3) is 0 Å². The maximum absolute atomic E-state index is 11.9. The quantitative estimate of drug-likeness (QED) is 0.0568. The van der Waals surface area contributed by atoms with Gasteiger partial charge in [0.25, 0.3) is 0 Å². The molecule has 0 aliphatic carbocycles. The summed E-state index contributed by atoms with van der Waals surface area (Å²) in [5.41, 5.74) is 4.09. The Kier molecular flexibility index (Phi) is 26.7. The predicted octanol–water partition coefficient (Wildman–Crippen LogP) is 3.26. The smallest absolute Gasteiger partial charge is 0.327 e. The summed E-state index contributed by atoms with van der Waals surface area (Å²) in [6, 6.07) is 7.39. The zero-order chi connectivity index (χ0) is 35.3. The van der Waals surface area contributed by atoms with Gasteiger partial charge in [-0.1, -0.05) is 12.1 Å². The molecule has 268 valence electrons. The van der Waals surface area contributed by atoms with Crippen molar-refractivity contribution >= 4 is 35.1 Å². The van der Waals surface area contributed by atoms with Gasteiger partial charge in [0.1, 0.15) is 19.1 Å². The van der Waals surface area contributed by atoms with Crippen LogP contribution >= 0.6 is 0 Å². The van der Waals surface area contributed by atoms with Crippen LogP contribution in [0, 0.1) is 0 Å². The third kappa shape index (κ3) is 31.0. The Morgan fingerprint density at radius 2 is 1.36 bits per heavy atom. The Labute approximate surface area is 278 Å². The van der Waals surface area contributed by atoms with Gasteiger partial charge in [0.2, 0.25) is 5.91 Å². The van der Waals surface area contributed by atoms with Crippen LogP contribution in [0.15, 0.2) is 24.3 Å². The lowest BCUT2D eigenvalue weighted by atomic mass is 10.2. The van der Waals surface area contributed by atoms with Crippen molar-refractivity contribution in [2.45, 2.75) is 92.5 Å². The molecule has 0 aromatic heterocycles. The number of ether oxygens (including phenoxy) is 5. The van der Waals surface area contributed by atoms with E-state index in [1.165, 1.54) is 6.92 Å². The molecule has 14 nitrogen and oxygen atoms in total. The second kappa shape index (κ2) is 28.8. The van der Waals surface area contributed by atoms with Gasteiger partial charge in [-0.25, -0.2) is 0 Å². The Hall–Kier alpha value is -3.43. The van der Waals surface area contributed by atoms with Crippen LogP contribution in [0.2, 0.25) is 0 Å². The molecule has 3 N–H and O–H groups in total. The maximum atomic E-state index is 11.9. The number of anilines is 1. The fourth-order valence-corrected chi connectivity index (χ4v) is 3.25. The Morgan fingerprint density at radius 1 is 0.723 bits per heavy atom. The summed E-state index contributed by atoms with van der Waals surface area (Å²) >= 11 is 0. The molecule has 0 saturated heterocycles. The largest absolute Gasteiger partial charge is 0.461 e. The summed E-state index contributed by atoms with van der Waals surface area (Å²) < 4.78 is 26.1. The van der Waals surface area contributed by atoms with E-state index in [4.69, 9.17) is 23.7 Å². The first-order chi connectivity index (χ1) is 22.4. The second-order valence-corrected chi connectivity index (χ2v) is 10.9. The first kappa shape index (κ1) is 43.6. The zero-order valence-corrected chi connectivity index (χ0v) is 28.9. The second-order valence-electron chi connectivity index (χ2n) is 10.9. The Morgan fingerprint density at radius 3 is 2.00 bits per heavy atom. The van der Waals surface area contributed by atoms with Crippen molar-refractivity contribution < 1.29 is 52.5 Å². The van der Waals surface area contributed by atoms with Crippen LogP contribution in [0.5, 0.6) is 0 Å². The minimum absolute atomic E-state index is 0.0539. The van der Waals surface area contributed by atoms with E-state index in [1.807, 2.05) is 52.0 Å². The molecule has 0 bridgehead atoms. The van der Waals surface area contributed by atoms with Gasteiger partial charge in [-0.15, -0.1) is 5.48 Å². The minimum atomic E-state index is -0.415. The average molecular weight is 670 g/mol. The molecule has 1 rings (SSSR count). The van der Waals surface area contributed by atoms with Crippen LogP contribution in [-0.2, 0) is 59.1 Å². The van der Waals surface area contributed by atoms with Crippen LogP contribution in [-0.4, -0.2) is 94.5 Å². The molecule has 0 aliphatic heterocycles. The van der Waals surface area contributed by atoms with Crippen LogP contribution in [0.3, 0.4) is 0 Å². The van der Waals surface area contributed by atoms with E-state index in [0.717, 1.165) is 11.3 Å². The van der Waals surface area contributed by atoms with E-state index >= 15 is 0 Å². The molecule has 0 aliphatic rings. The number of amides is 1. The fourth-order valence-electron chi connectivity index (χ4n) is 3.25. The number of nitrogens with one attached hydrogen (secondary N) is 3. The van der Waals surface area contributed by atoms with Crippen molar-refractivity contribution in [1.82, 2.24) is 10.8 Å². The zero-order valence-electron chi connectivity index (χ0n) is 28.9. The highest BCUT2D eigenvalue weighted by molar-refractivity contribution is 5.83. The van der Waals surface area contributed by atoms with Crippen molar-refractivity contribution in [3.05, 3.63) is 29.8 Å². The molecular formula is C33H55N3O11. The van der Waals surface area contributed by atoms with Crippen molar-refractivity contribution in [3.63, 3.8) is 0 Å². The number of carbonyl (C=O) groups is 5. The molecule has 47 heavy (non-hydrogen) atoms. The topological polar surface area (TPSA) is 177 Å². The predicted molar refractivity (Wildman–Crippen MR) is 175 cm³/mol. The monoisotopic (exact) mass is 669 g/mol. The molecule has 14 heteroatoms. The summed E-state index contributed by atoms with van der Waals surface area (Å²) in [7, 11) is 0. The number of benzene rings is 1. The molecule has 0 atom stereocenters. The fraction of sp³-hybridized carbons (Fsp3) is 0.667. The molecule has 0 saturated carbocycles. The van der Waals surface area contributed by atoms with Gasteiger partial charge < -0.3 is 44.0 Å². The van der Waals surface area contributed by atoms with Crippen LogP contribution in [0.1, 0.15) is 79.2 Å². The van der Waals surface area contributed by atoms with Gasteiger partial charge in [-0.3, -0.25) is 19.2 Å². The number of hydrogen-bond donors (Lipinski definition) is 3. The number of ketones is 2. The highest BCUT2D eigenvalue weighted by Gasteiger charge is 2.06. The van der Waals surface area contributed by atoms with Crippen molar-refractivity contribution in [2.24, 2.45) is 0 Å². The molecule has 0 fully saturated rings. The van der Waals surface area contributed by atoms with Gasteiger partial charge in [-0.05, 0) is 58.7 Å². The first-order valence-electron chi connectivity index (χ1n) is 15.9. The number of Topliss-reactive ketones (excluding diaryl/α,β-unsaturated/α-hetero) is 2. The highest BCUT2D eigenvalue weighted by Crippen LogP contribution is 2.11. The molecule has 1 aromatic rings. The number of carbonyl (C=O) groups excluding carboxylic acids is 5. The number of esters is 1. The van der Waals surface area contributed by atoms with Gasteiger partial charge in [-0.2, -0.15) is 0 Å². The molecule has 1 amide bonds. The van der Waals surface area contributed by atoms with Crippen molar-refractivity contribution in [3.8, 4) is 0 Å². The Balaban J connectivity index is 0.00000101. The maximum Gasteiger partial charge on any atom is 0.327 e. The summed E-state index contributed by atoms with van der Waals surface area (Å²) in [5, 5.41) is 5.65. The van der Waals surface area contributed by atoms with Gasteiger partial charge in [0, 0.05) is 38.6 Å². The van der Waals surface area contributed by atoms with Gasteiger partial charge in [0.15, 0.2) is 5.78 Å². The van der Waals surface area contributed by atoms with Crippen molar-refractivity contribution in [1.29, 1.82) is 0 Å². The molecule has 1 aromatic carbocycles. The van der Waals surface area contributed by atoms with Gasteiger partial charge in [0.05, 0.1) is 58.0 Å². The number of rotatable bonds is 26. The summed E-state index contributed by atoms with van der Waals surface area (Å²) in [4.78, 5) is 60.6. The lowest BCUT2D eigenvalue weighted by Gasteiger charge is -2.09. The number of hydrogen-bond acceptors (Lipinski definition) is 13. The van der Waals surface area contributed by atoms with Gasteiger partial charge >= 0.3 is 11.9 Å². The lowest BCUT2D eigenvalue weighted by Crippen LogP contribution is -2.26. The third-order valence-corrected chi connectivity index (χ3v) is 5.68. The third-order valence-electron chi connectivity index (χ3n) is 5.68. The van der Waals surface area contributed by atoms with E-state index in [2.05, 4.69) is 21.0 Å². The van der Waals surface area contributed by atoms with E-state index in [9.17, 15) is 24.0 Å². The van der Waals surface area contributed by atoms with E-state index in [0.29, 0.717) is 52.2 Å². The molecule has 0 unspecified atom stereocenters. The van der Waals surface area contributed by atoms with Crippen LogP contribution < -0.4 is 16.1 Å². The summed E-state index contributed by atoms with van der Waals surface area (Å²) in [6.07, 6.45) is 2.09.